The fourth-order valence-corrected chi connectivity index (χ4v) is 2.06. The number of aromatic nitrogens is 2. The highest BCUT2D eigenvalue weighted by Gasteiger charge is 2.15. The summed E-state index contributed by atoms with van der Waals surface area (Å²) in [5, 5.41) is 7.64. The van der Waals surface area contributed by atoms with Gasteiger partial charge in [0, 0.05) is 17.5 Å². The highest BCUT2D eigenvalue weighted by Crippen LogP contribution is 2.25. The molecule has 1 aromatic carbocycles. The Hall–Kier alpha value is -1.81. The molecule has 0 saturated heterocycles. The molecule has 18 heavy (non-hydrogen) atoms. The van der Waals surface area contributed by atoms with Crippen molar-refractivity contribution in [1.82, 2.24) is 15.1 Å². The average Bonchev–Trinajstić information content (AvgIpc) is 2.81. The molecule has 0 spiro atoms. The highest BCUT2D eigenvalue weighted by atomic mass is 16.5. The van der Waals surface area contributed by atoms with E-state index in [0.717, 1.165) is 23.6 Å². The second kappa shape index (κ2) is 5.69. The minimum Gasteiger partial charge on any atom is -0.496 e. The summed E-state index contributed by atoms with van der Waals surface area (Å²) in [6.45, 7) is 2.84. The summed E-state index contributed by atoms with van der Waals surface area (Å²) in [6.07, 6.45) is 1.82. The van der Waals surface area contributed by atoms with Gasteiger partial charge in [-0.15, -0.1) is 0 Å². The van der Waals surface area contributed by atoms with Crippen molar-refractivity contribution in [3.63, 3.8) is 0 Å². The Morgan fingerprint density at radius 1 is 1.33 bits per heavy atom. The lowest BCUT2D eigenvalue weighted by Gasteiger charge is -2.20. The van der Waals surface area contributed by atoms with E-state index in [1.54, 1.807) is 7.11 Å². The smallest absolute Gasteiger partial charge is 0.123 e. The van der Waals surface area contributed by atoms with Gasteiger partial charge in [0.2, 0.25) is 0 Å². The van der Waals surface area contributed by atoms with Gasteiger partial charge in [0.1, 0.15) is 5.75 Å². The van der Waals surface area contributed by atoms with Gasteiger partial charge in [-0.3, -0.25) is 4.68 Å². The number of hydrogen-bond acceptors (Lipinski definition) is 3. The molecule has 1 N–H and O–H groups in total. The van der Waals surface area contributed by atoms with Crippen molar-refractivity contribution in [3.8, 4) is 5.75 Å². The lowest BCUT2D eigenvalue weighted by molar-refractivity contribution is 0.389. The van der Waals surface area contributed by atoms with Crippen LogP contribution in [0, 0.1) is 6.92 Å². The Bertz CT molecular complexity index is 507. The molecule has 0 fully saturated rings. The molecule has 2 rings (SSSR count). The molecule has 0 saturated carbocycles. The Balaban J connectivity index is 2.25. The summed E-state index contributed by atoms with van der Waals surface area (Å²) in [6, 6.07) is 10.3. The lowest BCUT2D eigenvalue weighted by atomic mass is 10.1. The predicted molar refractivity (Wildman–Crippen MR) is 71.8 cm³/mol. The lowest BCUT2D eigenvalue weighted by Crippen LogP contribution is -2.23. The first-order valence-electron chi connectivity index (χ1n) is 6.05. The topological polar surface area (TPSA) is 39.1 Å². The van der Waals surface area contributed by atoms with Gasteiger partial charge in [-0.1, -0.05) is 18.2 Å². The Labute approximate surface area is 108 Å². The molecule has 0 aliphatic heterocycles. The molecule has 1 atom stereocenters. The van der Waals surface area contributed by atoms with Crippen molar-refractivity contribution in [2.45, 2.75) is 19.5 Å². The van der Waals surface area contributed by atoms with Crippen molar-refractivity contribution in [1.29, 1.82) is 0 Å². The first kappa shape index (κ1) is 12.6. The molecule has 4 heteroatoms. The fourth-order valence-electron chi connectivity index (χ4n) is 2.06. The second-order valence-electron chi connectivity index (χ2n) is 4.24. The molecule has 2 aromatic rings. The minimum atomic E-state index is 0.180. The number of methoxy groups -OCH3 is 1. The number of aryl methyl sites for hydroxylation is 1. The fraction of sp³-hybridized carbons (Fsp3) is 0.357. The van der Waals surface area contributed by atoms with Gasteiger partial charge in [-0.2, -0.15) is 5.10 Å². The zero-order chi connectivity index (χ0) is 13.0. The van der Waals surface area contributed by atoms with Crippen LogP contribution in [0.3, 0.4) is 0 Å². The minimum absolute atomic E-state index is 0.180. The molecule has 0 radical (unpaired) electrons. The van der Waals surface area contributed by atoms with Crippen molar-refractivity contribution in [2.24, 2.45) is 0 Å². The van der Waals surface area contributed by atoms with Crippen molar-refractivity contribution >= 4 is 0 Å². The molecule has 0 aliphatic rings. The van der Waals surface area contributed by atoms with Crippen LogP contribution in [0.25, 0.3) is 0 Å². The Morgan fingerprint density at radius 2 is 2.11 bits per heavy atom. The van der Waals surface area contributed by atoms with Gasteiger partial charge in [-0.05, 0) is 26.1 Å². The maximum absolute atomic E-state index is 5.41. The van der Waals surface area contributed by atoms with Gasteiger partial charge in [0.05, 0.1) is 19.7 Å². The quantitative estimate of drug-likeness (QED) is 0.877. The molecule has 0 amide bonds. The third-order valence-corrected chi connectivity index (χ3v) is 3.15. The maximum atomic E-state index is 5.41. The molecule has 0 aliphatic carbocycles. The van der Waals surface area contributed by atoms with Crippen LogP contribution in [0.4, 0.5) is 0 Å². The van der Waals surface area contributed by atoms with E-state index in [1.807, 2.05) is 42.2 Å². The Morgan fingerprint density at radius 3 is 2.72 bits per heavy atom. The van der Waals surface area contributed by atoms with E-state index in [2.05, 4.69) is 23.4 Å². The molecule has 4 nitrogen and oxygen atoms in total. The van der Waals surface area contributed by atoms with Gasteiger partial charge in [0.15, 0.2) is 0 Å². The molecular weight excluding hydrogens is 226 g/mol. The first-order chi connectivity index (χ1) is 8.76. The van der Waals surface area contributed by atoms with Gasteiger partial charge in [0.25, 0.3) is 0 Å². The van der Waals surface area contributed by atoms with E-state index < -0.39 is 0 Å². The van der Waals surface area contributed by atoms with E-state index in [-0.39, 0.29) is 6.04 Å². The van der Waals surface area contributed by atoms with E-state index in [0.29, 0.717) is 0 Å². The maximum Gasteiger partial charge on any atom is 0.123 e. The van der Waals surface area contributed by atoms with Crippen molar-refractivity contribution in [2.75, 3.05) is 14.2 Å². The van der Waals surface area contributed by atoms with Crippen molar-refractivity contribution < 1.29 is 4.74 Å². The van der Waals surface area contributed by atoms with Crippen LogP contribution < -0.4 is 10.1 Å². The molecule has 1 aromatic heterocycles. The summed E-state index contributed by atoms with van der Waals surface area (Å²) >= 11 is 0. The average molecular weight is 245 g/mol. The monoisotopic (exact) mass is 245 g/mol. The van der Waals surface area contributed by atoms with E-state index in [4.69, 9.17) is 4.74 Å². The van der Waals surface area contributed by atoms with Gasteiger partial charge < -0.3 is 10.1 Å². The van der Waals surface area contributed by atoms with Crippen LogP contribution in [-0.2, 0) is 6.54 Å². The van der Waals surface area contributed by atoms with Crippen molar-refractivity contribution in [3.05, 3.63) is 47.8 Å². The number of nitrogens with one attached hydrogen (secondary N) is 1. The Kier molecular flexibility index (Phi) is 3.99. The number of benzene rings is 1. The number of hydrogen-bond donors (Lipinski definition) is 1. The standard InChI is InChI=1S/C14H19N3O/c1-11-8-9-16-17(11)10-13(15-2)12-6-4-5-7-14(12)18-3/h4-9,13,15H,10H2,1-3H3. The normalized spacial score (nSPS) is 12.4. The third-order valence-electron chi connectivity index (χ3n) is 3.15. The second-order valence-corrected chi connectivity index (χ2v) is 4.24. The number of nitrogens with zero attached hydrogens (tertiary/aromatic N) is 2. The summed E-state index contributed by atoms with van der Waals surface area (Å²) in [5.41, 5.74) is 2.31. The van der Waals surface area contributed by atoms with Crippen LogP contribution in [0.5, 0.6) is 5.75 Å². The zero-order valence-electron chi connectivity index (χ0n) is 11.1. The third kappa shape index (κ3) is 2.54. The zero-order valence-corrected chi connectivity index (χ0v) is 11.1. The molecule has 1 heterocycles. The first-order valence-corrected chi connectivity index (χ1v) is 6.05. The summed E-state index contributed by atoms with van der Waals surface area (Å²) in [7, 11) is 3.65. The number of ether oxygens (including phenoxy) is 1. The van der Waals surface area contributed by atoms with Crippen LogP contribution in [0.1, 0.15) is 17.3 Å². The van der Waals surface area contributed by atoms with Crippen LogP contribution in [0.15, 0.2) is 36.5 Å². The number of rotatable bonds is 5. The molecule has 1 unspecified atom stereocenters. The van der Waals surface area contributed by atoms with Gasteiger partial charge >= 0.3 is 0 Å². The van der Waals surface area contributed by atoms with E-state index in [1.165, 1.54) is 0 Å². The summed E-state index contributed by atoms with van der Waals surface area (Å²) < 4.78 is 7.40. The molecular formula is C14H19N3O. The van der Waals surface area contributed by atoms with Gasteiger partial charge in [-0.25, -0.2) is 0 Å². The van der Waals surface area contributed by atoms with E-state index >= 15 is 0 Å². The number of likely N-dealkylation sites (N-methyl/N-ethyl adjacent to an activating group) is 1. The predicted octanol–water partition coefficient (Wildman–Crippen LogP) is 2.16. The summed E-state index contributed by atoms with van der Waals surface area (Å²) in [4.78, 5) is 0. The highest BCUT2D eigenvalue weighted by molar-refractivity contribution is 5.35. The van der Waals surface area contributed by atoms with Crippen LogP contribution in [-0.4, -0.2) is 23.9 Å². The summed E-state index contributed by atoms with van der Waals surface area (Å²) in [5.74, 6) is 0.904. The largest absolute Gasteiger partial charge is 0.496 e. The number of para-hydroxylation sites is 1. The van der Waals surface area contributed by atoms with Crippen LogP contribution >= 0.6 is 0 Å². The van der Waals surface area contributed by atoms with Crippen LogP contribution in [0.2, 0.25) is 0 Å². The molecule has 96 valence electrons. The molecule has 0 bridgehead atoms. The SMILES string of the molecule is CNC(Cn1nccc1C)c1ccccc1OC. The van der Waals surface area contributed by atoms with E-state index in [9.17, 15) is 0 Å².